The van der Waals surface area contributed by atoms with Gasteiger partial charge in [-0.15, -0.1) is 0 Å². The van der Waals surface area contributed by atoms with Crippen molar-refractivity contribution in [2.75, 3.05) is 13.2 Å². The molecule has 0 amide bonds. The Kier molecular flexibility index (Phi) is 11.3. The Morgan fingerprint density at radius 3 is 2.09 bits per heavy atom. The molecule has 174 valence electrons. The van der Waals surface area contributed by atoms with Crippen molar-refractivity contribution < 1.29 is 28.6 Å². The van der Waals surface area contributed by atoms with Crippen molar-refractivity contribution in [3.05, 3.63) is 48.0 Å². The van der Waals surface area contributed by atoms with E-state index in [1.807, 2.05) is 30.3 Å². The maximum atomic E-state index is 12.7. The second-order valence-corrected chi connectivity index (χ2v) is 7.83. The molecular formula is C26H34O6. The van der Waals surface area contributed by atoms with E-state index in [1.165, 1.54) is 0 Å². The number of benzene rings is 2. The highest BCUT2D eigenvalue weighted by Gasteiger charge is 2.20. The molecule has 0 saturated carbocycles. The number of hydrogen-bond acceptors (Lipinski definition) is 6. The third kappa shape index (κ3) is 8.69. The first-order chi connectivity index (χ1) is 15.5. The Labute approximate surface area is 190 Å². The van der Waals surface area contributed by atoms with E-state index in [0.717, 1.165) is 49.3 Å². The number of unbranched alkanes of at least 4 members (excludes halogenated alkanes) is 4. The maximum Gasteiger partial charge on any atom is 0.338 e. The minimum atomic E-state index is -0.835. The Morgan fingerprint density at radius 2 is 1.38 bits per heavy atom. The third-order valence-corrected chi connectivity index (χ3v) is 5.11. The van der Waals surface area contributed by atoms with Gasteiger partial charge in [-0.1, -0.05) is 75.9 Å². The molecule has 0 radical (unpaired) electrons. The molecule has 1 atom stereocenters. The predicted molar refractivity (Wildman–Crippen MR) is 123 cm³/mol. The van der Waals surface area contributed by atoms with E-state index in [9.17, 15) is 14.4 Å². The molecule has 6 nitrogen and oxygen atoms in total. The van der Waals surface area contributed by atoms with Crippen LogP contribution in [0.4, 0.5) is 0 Å². The molecule has 2 rings (SSSR count). The van der Waals surface area contributed by atoms with Crippen LogP contribution in [-0.2, 0) is 23.8 Å². The van der Waals surface area contributed by atoms with Crippen molar-refractivity contribution in [2.45, 2.75) is 71.3 Å². The van der Waals surface area contributed by atoms with Crippen LogP contribution in [0, 0.1) is 0 Å². The van der Waals surface area contributed by atoms with Crippen LogP contribution >= 0.6 is 0 Å². The topological polar surface area (TPSA) is 78.9 Å². The van der Waals surface area contributed by atoms with Gasteiger partial charge >= 0.3 is 17.9 Å². The molecule has 2 aromatic carbocycles. The van der Waals surface area contributed by atoms with Gasteiger partial charge in [0.2, 0.25) is 0 Å². The van der Waals surface area contributed by atoms with E-state index in [0.29, 0.717) is 12.0 Å². The predicted octanol–water partition coefficient (Wildman–Crippen LogP) is 5.61. The zero-order valence-corrected chi connectivity index (χ0v) is 19.1. The van der Waals surface area contributed by atoms with Gasteiger partial charge in [0.15, 0.2) is 6.10 Å². The summed E-state index contributed by atoms with van der Waals surface area (Å²) in [5, 5.41) is 1.72. The van der Waals surface area contributed by atoms with E-state index in [1.54, 1.807) is 12.1 Å². The molecule has 0 bridgehead atoms. The van der Waals surface area contributed by atoms with Crippen LogP contribution in [0.3, 0.4) is 0 Å². The minimum Gasteiger partial charge on any atom is -0.462 e. The smallest absolute Gasteiger partial charge is 0.338 e. The first-order valence-electron chi connectivity index (χ1n) is 11.5. The molecule has 6 heteroatoms. The Morgan fingerprint density at radius 1 is 0.750 bits per heavy atom. The number of rotatable bonds is 14. The van der Waals surface area contributed by atoms with Crippen LogP contribution in [0.2, 0.25) is 0 Å². The molecule has 0 aromatic heterocycles. The molecule has 32 heavy (non-hydrogen) atoms. The lowest BCUT2D eigenvalue weighted by molar-refractivity contribution is -0.161. The molecule has 0 aliphatic heterocycles. The van der Waals surface area contributed by atoms with Crippen LogP contribution in [0.5, 0.6) is 0 Å². The van der Waals surface area contributed by atoms with Crippen LogP contribution in [0.15, 0.2) is 42.5 Å². The average molecular weight is 443 g/mol. The van der Waals surface area contributed by atoms with Gasteiger partial charge in [0.1, 0.15) is 13.2 Å². The van der Waals surface area contributed by atoms with E-state index < -0.39 is 12.1 Å². The van der Waals surface area contributed by atoms with Crippen molar-refractivity contribution >= 4 is 28.7 Å². The number of carbonyl (C=O) groups is 3. The van der Waals surface area contributed by atoms with Crippen LogP contribution < -0.4 is 0 Å². The van der Waals surface area contributed by atoms with Gasteiger partial charge in [-0.2, -0.15) is 0 Å². The van der Waals surface area contributed by atoms with Crippen LogP contribution in [-0.4, -0.2) is 37.2 Å². The molecule has 0 aliphatic carbocycles. The number of carbonyl (C=O) groups excluding carboxylic acids is 3. The van der Waals surface area contributed by atoms with Crippen molar-refractivity contribution in [3.8, 4) is 0 Å². The third-order valence-electron chi connectivity index (χ3n) is 5.11. The van der Waals surface area contributed by atoms with Gasteiger partial charge in [0.25, 0.3) is 0 Å². The second kappa shape index (κ2) is 14.2. The SMILES string of the molecule is CCCCCC(=O)OCC(COC(=O)c1cccc2ccccc12)OC(=O)CCCCC. The van der Waals surface area contributed by atoms with Crippen molar-refractivity contribution in [3.63, 3.8) is 0 Å². The zero-order valence-electron chi connectivity index (χ0n) is 19.1. The highest BCUT2D eigenvalue weighted by atomic mass is 16.6. The summed E-state index contributed by atoms with van der Waals surface area (Å²) in [5.41, 5.74) is 0.438. The average Bonchev–Trinajstić information content (AvgIpc) is 2.80. The monoisotopic (exact) mass is 442 g/mol. The summed E-state index contributed by atoms with van der Waals surface area (Å²) in [6.45, 7) is 3.81. The fourth-order valence-electron chi connectivity index (χ4n) is 3.31. The number of hydrogen-bond donors (Lipinski definition) is 0. The van der Waals surface area contributed by atoms with Crippen LogP contribution in [0.1, 0.15) is 75.6 Å². The fraction of sp³-hybridized carbons (Fsp3) is 0.500. The van der Waals surface area contributed by atoms with E-state index in [2.05, 4.69) is 13.8 Å². The summed E-state index contributed by atoms with van der Waals surface area (Å²) in [6, 6.07) is 13.0. The van der Waals surface area contributed by atoms with Crippen molar-refractivity contribution in [1.29, 1.82) is 0 Å². The van der Waals surface area contributed by atoms with Crippen LogP contribution in [0.25, 0.3) is 10.8 Å². The molecule has 0 saturated heterocycles. The molecule has 2 aromatic rings. The molecule has 0 N–H and O–H groups in total. The van der Waals surface area contributed by atoms with E-state index >= 15 is 0 Å². The summed E-state index contributed by atoms with van der Waals surface area (Å²) < 4.78 is 16.2. The standard InChI is InChI=1S/C26H34O6/c1-3-5-7-16-24(27)30-18-21(32-25(28)17-8-6-4-2)19-31-26(29)23-15-11-13-20-12-9-10-14-22(20)23/h9-15,21H,3-8,16-19H2,1-2H3. The largest absolute Gasteiger partial charge is 0.462 e. The minimum absolute atomic E-state index is 0.132. The fourth-order valence-corrected chi connectivity index (χ4v) is 3.31. The summed E-state index contributed by atoms with van der Waals surface area (Å²) in [6.07, 6.45) is 5.15. The summed E-state index contributed by atoms with van der Waals surface area (Å²) >= 11 is 0. The number of esters is 3. The van der Waals surface area contributed by atoms with Crippen molar-refractivity contribution in [1.82, 2.24) is 0 Å². The molecule has 0 aliphatic rings. The van der Waals surface area contributed by atoms with E-state index in [-0.39, 0.29) is 31.6 Å². The number of fused-ring (bicyclic) bond motifs is 1. The quantitative estimate of drug-likeness (QED) is 0.215. The summed E-state index contributed by atoms with van der Waals surface area (Å²) in [5.74, 6) is -1.24. The lowest BCUT2D eigenvalue weighted by Crippen LogP contribution is -2.31. The summed E-state index contributed by atoms with van der Waals surface area (Å²) in [7, 11) is 0. The Hall–Kier alpha value is -2.89. The lowest BCUT2D eigenvalue weighted by atomic mass is 10.1. The highest BCUT2D eigenvalue weighted by Crippen LogP contribution is 2.19. The van der Waals surface area contributed by atoms with Gasteiger partial charge in [0, 0.05) is 12.8 Å². The van der Waals surface area contributed by atoms with Gasteiger partial charge in [-0.3, -0.25) is 9.59 Å². The zero-order chi connectivity index (χ0) is 23.2. The normalized spacial score (nSPS) is 11.7. The highest BCUT2D eigenvalue weighted by molar-refractivity contribution is 6.04. The molecule has 0 heterocycles. The van der Waals surface area contributed by atoms with Gasteiger partial charge in [-0.05, 0) is 29.7 Å². The maximum absolute atomic E-state index is 12.7. The lowest BCUT2D eigenvalue weighted by Gasteiger charge is -2.18. The Balaban J connectivity index is 1.96. The molecule has 1 unspecified atom stereocenters. The van der Waals surface area contributed by atoms with Crippen molar-refractivity contribution in [2.24, 2.45) is 0 Å². The first kappa shape index (κ1) is 25.4. The number of ether oxygens (including phenoxy) is 3. The van der Waals surface area contributed by atoms with E-state index in [4.69, 9.17) is 14.2 Å². The van der Waals surface area contributed by atoms with Gasteiger partial charge in [0.05, 0.1) is 5.56 Å². The molecule has 0 fully saturated rings. The Bertz CT molecular complexity index is 870. The summed E-state index contributed by atoms with van der Waals surface area (Å²) in [4.78, 5) is 36.8. The molecular weight excluding hydrogens is 408 g/mol. The van der Waals surface area contributed by atoms with Gasteiger partial charge in [-0.25, -0.2) is 4.79 Å². The second-order valence-electron chi connectivity index (χ2n) is 7.83. The molecule has 0 spiro atoms. The first-order valence-corrected chi connectivity index (χ1v) is 11.5. The van der Waals surface area contributed by atoms with Gasteiger partial charge < -0.3 is 14.2 Å².